The minimum absolute atomic E-state index is 0.543. The van der Waals surface area contributed by atoms with Gasteiger partial charge < -0.3 is 0 Å². The van der Waals surface area contributed by atoms with Gasteiger partial charge in [-0.2, -0.15) is 0 Å². The summed E-state index contributed by atoms with van der Waals surface area (Å²) in [4.78, 5) is 6.40. The fourth-order valence-corrected chi connectivity index (χ4v) is 4.27. The number of aromatic nitrogens is 1. The van der Waals surface area contributed by atoms with Crippen LogP contribution in [0.2, 0.25) is 0 Å². The first-order valence-corrected chi connectivity index (χ1v) is 9.66. The summed E-state index contributed by atoms with van der Waals surface area (Å²) in [7, 11) is 4.21. The second-order valence-corrected chi connectivity index (χ2v) is 8.03. The zero-order valence-electron chi connectivity index (χ0n) is 15.6. The van der Waals surface area contributed by atoms with Crippen LogP contribution in [-0.4, -0.2) is 19.1 Å². The van der Waals surface area contributed by atoms with Gasteiger partial charge in [0.05, 0.1) is 20.8 Å². The maximum absolute atomic E-state index is 5.11. The van der Waals surface area contributed by atoms with Gasteiger partial charge >= 0.3 is 0 Å². The van der Waals surface area contributed by atoms with Gasteiger partial charge in [0.25, 0.3) is 0 Å². The number of fused-ring (bicyclic) bond motifs is 2. The monoisotopic (exact) mass is 339 g/mol. The molecule has 0 saturated heterocycles. The minimum Gasteiger partial charge on any atom is -0.245 e. The van der Waals surface area contributed by atoms with Crippen molar-refractivity contribution in [1.29, 1.82) is 0 Å². The molecule has 0 amide bonds. The minimum atomic E-state index is 0.543. The van der Waals surface area contributed by atoms with E-state index in [1.165, 1.54) is 42.8 Å². The van der Waals surface area contributed by atoms with E-state index in [-0.39, 0.29) is 0 Å². The molecule has 1 aliphatic heterocycles. The molecule has 0 fully saturated rings. The van der Waals surface area contributed by atoms with Crippen LogP contribution in [0.25, 0.3) is 20.8 Å². The van der Waals surface area contributed by atoms with Gasteiger partial charge in [0.15, 0.2) is 0 Å². The fraction of sp³-hybridized carbons (Fsp3) is 0.429. The maximum atomic E-state index is 5.11. The van der Waals surface area contributed by atoms with E-state index in [1.807, 2.05) is 11.3 Å². The second kappa shape index (κ2) is 6.64. The third kappa shape index (κ3) is 2.98. The zero-order valence-corrected chi connectivity index (χ0v) is 16.4. The highest BCUT2D eigenvalue weighted by Crippen LogP contribution is 2.35. The number of rotatable bonds is 3. The number of hydrogen-bond acceptors (Lipinski definition) is 2. The number of aryl methyl sites for hydroxylation is 2. The molecular weight excluding hydrogens is 312 g/mol. The van der Waals surface area contributed by atoms with E-state index in [0.29, 0.717) is 5.92 Å². The number of nitrogens with zero attached hydrogens (tertiary/aromatic N) is 2. The smallest absolute Gasteiger partial charge is 0.201 e. The lowest BCUT2D eigenvalue weighted by molar-refractivity contribution is 0.811. The standard InChI is InChI=1S/C21H27N2S/c1-7-14-9-16(13(3)4)11-18-20(14)22-21-15(8-2)10-17(23(5)6)12-19(21)24-18/h9-13H,7-8H2,1-6H3/q+1. The summed E-state index contributed by atoms with van der Waals surface area (Å²) in [5.74, 6) is 0.543. The molecule has 0 spiro atoms. The molecule has 0 aromatic heterocycles. The Bertz CT molecular complexity index is 931. The second-order valence-electron chi connectivity index (χ2n) is 6.95. The van der Waals surface area contributed by atoms with Crippen molar-refractivity contribution in [2.75, 3.05) is 14.1 Å². The zero-order chi connectivity index (χ0) is 17.4. The van der Waals surface area contributed by atoms with E-state index in [1.54, 1.807) is 0 Å². The van der Waals surface area contributed by atoms with Crippen LogP contribution >= 0.6 is 11.3 Å². The first-order chi connectivity index (χ1) is 11.4. The molecule has 1 heterocycles. The summed E-state index contributed by atoms with van der Waals surface area (Å²) in [6.45, 7) is 8.97. The largest absolute Gasteiger partial charge is 0.245 e. The molecule has 0 atom stereocenters. The SMILES string of the molecule is CCc1cc(=[N+](C)C)cc2sc3cc(C(C)C)cc(CC)c3nc1-2. The van der Waals surface area contributed by atoms with Crippen LogP contribution in [-0.2, 0) is 12.8 Å². The van der Waals surface area contributed by atoms with E-state index >= 15 is 0 Å². The molecule has 24 heavy (non-hydrogen) atoms. The van der Waals surface area contributed by atoms with Crippen molar-refractivity contribution in [3.8, 4) is 10.6 Å². The molecule has 1 aliphatic carbocycles. The van der Waals surface area contributed by atoms with Crippen LogP contribution < -0.4 is 9.93 Å². The van der Waals surface area contributed by atoms with Crippen molar-refractivity contribution in [3.05, 3.63) is 46.3 Å². The quantitative estimate of drug-likeness (QED) is 0.500. The lowest BCUT2D eigenvalue weighted by Crippen LogP contribution is -2.22. The first kappa shape index (κ1) is 17.1. The van der Waals surface area contributed by atoms with Crippen LogP contribution in [0.15, 0.2) is 24.3 Å². The van der Waals surface area contributed by atoms with E-state index in [0.717, 1.165) is 12.8 Å². The highest BCUT2D eigenvalue weighted by atomic mass is 32.1. The van der Waals surface area contributed by atoms with Gasteiger partial charge in [-0.15, -0.1) is 11.3 Å². The summed E-state index contributed by atoms with van der Waals surface area (Å²) in [5, 5.41) is 1.26. The molecule has 0 saturated carbocycles. The average Bonchev–Trinajstić information content (AvgIpc) is 2.57. The Morgan fingerprint density at radius 3 is 2.29 bits per heavy atom. The molecule has 3 heteroatoms. The summed E-state index contributed by atoms with van der Waals surface area (Å²) in [6.07, 6.45) is 2.04. The van der Waals surface area contributed by atoms with Crippen molar-refractivity contribution in [2.24, 2.45) is 0 Å². The van der Waals surface area contributed by atoms with Crippen LogP contribution in [0.1, 0.15) is 50.3 Å². The Morgan fingerprint density at radius 1 is 1.00 bits per heavy atom. The van der Waals surface area contributed by atoms with Gasteiger partial charge in [0.1, 0.15) is 14.1 Å². The van der Waals surface area contributed by atoms with Crippen LogP contribution in [0, 0.1) is 0 Å². The molecule has 0 N–H and O–H groups in total. The van der Waals surface area contributed by atoms with Gasteiger partial charge in [-0.3, -0.25) is 0 Å². The molecule has 126 valence electrons. The predicted octanol–water partition coefficient (Wildman–Crippen LogP) is 4.68. The third-order valence-electron chi connectivity index (χ3n) is 4.70. The summed E-state index contributed by atoms with van der Waals surface area (Å²) < 4.78 is 3.49. The normalized spacial score (nSPS) is 11.6. The Labute approximate surface area is 148 Å². The average molecular weight is 340 g/mol. The lowest BCUT2D eigenvalue weighted by atomic mass is 9.99. The molecule has 1 aromatic carbocycles. The fourth-order valence-electron chi connectivity index (χ4n) is 3.11. The topological polar surface area (TPSA) is 15.9 Å². The van der Waals surface area contributed by atoms with Crippen LogP contribution in [0.4, 0.5) is 0 Å². The van der Waals surface area contributed by atoms with Gasteiger partial charge in [0, 0.05) is 12.1 Å². The van der Waals surface area contributed by atoms with Crippen molar-refractivity contribution in [1.82, 2.24) is 9.56 Å². The van der Waals surface area contributed by atoms with Gasteiger partial charge in [0.2, 0.25) is 5.36 Å². The van der Waals surface area contributed by atoms with Crippen molar-refractivity contribution < 1.29 is 0 Å². The van der Waals surface area contributed by atoms with Gasteiger partial charge in [-0.1, -0.05) is 33.8 Å². The predicted molar refractivity (Wildman–Crippen MR) is 106 cm³/mol. The third-order valence-corrected chi connectivity index (χ3v) is 5.77. The highest BCUT2D eigenvalue weighted by molar-refractivity contribution is 7.21. The highest BCUT2D eigenvalue weighted by Gasteiger charge is 2.16. The van der Waals surface area contributed by atoms with Gasteiger partial charge in [-0.25, -0.2) is 9.56 Å². The van der Waals surface area contributed by atoms with Crippen molar-refractivity contribution in [3.63, 3.8) is 0 Å². The Morgan fingerprint density at radius 2 is 1.71 bits per heavy atom. The van der Waals surface area contributed by atoms with Crippen LogP contribution in [0.3, 0.4) is 0 Å². The van der Waals surface area contributed by atoms with Gasteiger partial charge in [-0.05, 0) is 41.5 Å². The molecule has 1 aromatic rings. The number of hydrogen-bond donors (Lipinski definition) is 0. The van der Waals surface area contributed by atoms with Crippen LogP contribution in [0.5, 0.6) is 0 Å². The summed E-state index contributed by atoms with van der Waals surface area (Å²) >= 11 is 1.88. The number of benzene rings is 2. The Hall–Kier alpha value is -1.74. The Balaban J connectivity index is 2.44. The van der Waals surface area contributed by atoms with Crippen molar-refractivity contribution >= 4 is 21.6 Å². The molecule has 0 unspecified atom stereocenters. The summed E-state index contributed by atoms with van der Waals surface area (Å²) in [5.41, 5.74) is 6.48. The lowest BCUT2D eigenvalue weighted by Gasteiger charge is -2.15. The molecule has 0 bridgehead atoms. The first-order valence-electron chi connectivity index (χ1n) is 8.85. The van der Waals surface area contributed by atoms with E-state index in [9.17, 15) is 0 Å². The van der Waals surface area contributed by atoms with E-state index in [2.05, 4.69) is 70.6 Å². The van der Waals surface area contributed by atoms with E-state index in [4.69, 9.17) is 4.98 Å². The molecule has 0 radical (unpaired) electrons. The molecule has 2 aliphatic rings. The summed E-state index contributed by atoms with van der Waals surface area (Å²) in [6, 6.07) is 9.24. The molecule has 2 nitrogen and oxygen atoms in total. The van der Waals surface area contributed by atoms with E-state index < -0.39 is 0 Å². The molecule has 3 rings (SSSR count). The van der Waals surface area contributed by atoms with Crippen molar-refractivity contribution in [2.45, 2.75) is 46.5 Å². The maximum Gasteiger partial charge on any atom is 0.201 e. The molecular formula is C21H27N2S+. The Kier molecular flexibility index (Phi) is 4.73.